The molecule has 2 aromatic carbocycles. The van der Waals surface area contributed by atoms with E-state index in [0.29, 0.717) is 17.2 Å². The number of aromatic hydroxyl groups is 2. The van der Waals surface area contributed by atoms with Gasteiger partial charge in [-0.15, -0.1) is 11.8 Å². The van der Waals surface area contributed by atoms with Crippen LogP contribution in [0.15, 0.2) is 53.4 Å². The van der Waals surface area contributed by atoms with Gasteiger partial charge in [-0.1, -0.05) is 90.8 Å². The number of nitrogens with one attached hydrogen (secondary N) is 3. The average Bonchev–Trinajstić information content (AvgIpc) is 3.65. The minimum atomic E-state index is -1.85. The molecule has 1 aliphatic rings. The van der Waals surface area contributed by atoms with E-state index in [9.17, 15) is 59.7 Å². The Morgan fingerprint density at radius 1 is 0.785 bits per heavy atom. The third-order valence-electron chi connectivity index (χ3n) is 12.2. The zero-order valence-corrected chi connectivity index (χ0v) is 39.6. The van der Waals surface area contributed by atoms with Gasteiger partial charge < -0.3 is 56.6 Å². The highest BCUT2D eigenvalue weighted by Gasteiger charge is 2.45. The fraction of sp³-hybridized carbons (Fsp3) is 0.646. The zero-order chi connectivity index (χ0) is 48.4. The fourth-order valence-electron chi connectivity index (χ4n) is 8.09. The van der Waals surface area contributed by atoms with Crippen molar-refractivity contribution in [1.82, 2.24) is 20.9 Å². The van der Waals surface area contributed by atoms with Crippen LogP contribution >= 0.6 is 11.8 Å². The van der Waals surface area contributed by atoms with E-state index in [1.807, 2.05) is 0 Å². The molecule has 16 nitrogen and oxygen atoms in total. The molecule has 65 heavy (non-hydrogen) atoms. The van der Waals surface area contributed by atoms with Crippen LogP contribution in [0.3, 0.4) is 0 Å². The maximum absolute atomic E-state index is 14.1. The number of rotatable bonds is 28. The number of aliphatic hydroxyl groups excluding tert-OH is 5. The van der Waals surface area contributed by atoms with Crippen molar-refractivity contribution in [1.29, 1.82) is 0 Å². The van der Waals surface area contributed by atoms with Crippen molar-refractivity contribution in [2.45, 2.75) is 183 Å². The van der Waals surface area contributed by atoms with E-state index in [4.69, 9.17) is 0 Å². The first kappa shape index (κ1) is 55.1. The van der Waals surface area contributed by atoms with Crippen molar-refractivity contribution in [3.05, 3.63) is 54.1 Å². The molecule has 1 heterocycles. The van der Waals surface area contributed by atoms with Crippen LogP contribution in [0.5, 0.6) is 11.5 Å². The SMILES string of the molecule is CCC(C)CC(C)CCCCCCCCC(=O)N[C@@H](C[C@@H](O)[C@H](C)Sc1cccc(O)c1)C(=O)N[C@H](C(=O)N1C[C@H](O)C[C@H]1C(=O)N[C@H](C(C)=O)[C@H](O)[C@@H](O)c1ccc(O)cc1)[C@@H](C)O. The molecule has 17 heteroatoms. The van der Waals surface area contributed by atoms with Gasteiger partial charge in [0.25, 0.3) is 0 Å². The molecule has 0 spiro atoms. The summed E-state index contributed by atoms with van der Waals surface area (Å²) in [6.07, 6.45) is 1.38. The monoisotopic (exact) mass is 931 g/mol. The number of Topliss-reactive ketones (excluding diaryl/α,β-unsaturated/α-hetero) is 1. The molecule has 1 saturated heterocycles. The lowest BCUT2D eigenvalue weighted by molar-refractivity contribution is -0.145. The molecular weight excluding hydrogens is 857 g/mol. The number of carbonyl (C=O) groups is 5. The Balaban J connectivity index is 1.71. The van der Waals surface area contributed by atoms with Crippen LogP contribution in [0.25, 0.3) is 0 Å². The number of β-amino-alcohol motifs (C(OH)–C–C–N with tert-alkyl or cyclic N) is 1. The summed E-state index contributed by atoms with van der Waals surface area (Å²) in [4.78, 5) is 69.5. The summed E-state index contributed by atoms with van der Waals surface area (Å²) < 4.78 is 0. The molecule has 10 N–H and O–H groups in total. The Hall–Kier alpha value is -4.26. The van der Waals surface area contributed by atoms with E-state index >= 15 is 0 Å². The Morgan fingerprint density at radius 3 is 2.05 bits per heavy atom. The average molecular weight is 931 g/mol. The topological polar surface area (TPSA) is 266 Å². The lowest BCUT2D eigenvalue weighted by atomic mass is 9.91. The van der Waals surface area contributed by atoms with Gasteiger partial charge in [0.2, 0.25) is 23.6 Å². The van der Waals surface area contributed by atoms with E-state index in [1.165, 1.54) is 80.8 Å². The van der Waals surface area contributed by atoms with Gasteiger partial charge in [0, 0.05) is 36.0 Å². The van der Waals surface area contributed by atoms with E-state index in [2.05, 4.69) is 36.7 Å². The molecule has 3 rings (SSSR count). The number of phenols is 2. The van der Waals surface area contributed by atoms with Gasteiger partial charge in [0.05, 0.1) is 18.3 Å². The highest BCUT2D eigenvalue weighted by Crippen LogP contribution is 2.30. The molecule has 2 unspecified atom stereocenters. The van der Waals surface area contributed by atoms with Gasteiger partial charge in [-0.3, -0.25) is 24.0 Å². The van der Waals surface area contributed by atoms with E-state index in [1.54, 1.807) is 19.1 Å². The Morgan fingerprint density at radius 2 is 1.43 bits per heavy atom. The number of carbonyl (C=O) groups excluding carboxylic acids is 5. The summed E-state index contributed by atoms with van der Waals surface area (Å²) in [7, 11) is 0. The van der Waals surface area contributed by atoms with Crippen LogP contribution in [0.1, 0.15) is 130 Å². The molecule has 0 aliphatic carbocycles. The number of hydrogen-bond acceptors (Lipinski definition) is 13. The molecule has 1 fully saturated rings. The number of benzene rings is 2. The lowest BCUT2D eigenvalue weighted by Gasteiger charge is -2.32. The van der Waals surface area contributed by atoms with Crippen molar-refractivity contribution in [3.8, 4) is 11.5 Å². The normalized spacial score (nSPS) is 19.7. The predicted molar refractivity (Wildman–Crippen MR) is 248 cm³/mol. The summed E-state index contributed by atoms with van der Waals surface area (Å²) in [6.45, 7) is 10.5. The van der Waals surface area contributed by atoms with Gasteiger partial charge >= 0.3 is 0 Å². The van der Waals surface area contributed by atoms with Gasteiger partial charge in [-0.05, 0) is 74.4 Å². The van der Waals surface area contributed by atoms with Crippen LogP contribution in [0.4, 0.5) is 0 Å². The summed E-state index contributed by atoms with van der Waals surface area (Å²) in [5.74, 6) is -2.62. The van der Waals surface area contributed by atoms with Crippen molar-refractivity contribution in [2.24, 2.45) is 11.8 Å². The summed E-state index contributed by atoms with van der Waals surface area (Å²) >= 11 is 1.24. The summed E-state index contributed by atoms with van der Waals surface area (Å²) in [6, 6.07) is 5.49. The third-order valence-corrected chi connectivity index (χ3v) is 13.4. The number of hydrogen-bond donors (Lipinski definition) is 10. The summed E-state index contributed by atoms with van der Waals surface area (Å²) in [5.41, 5.74) is 0.143. The van der Waals surface area contributed by atoms with Crippen LogP contribution in [0, 0.1) is 11.8 Å². The number of ketones is 1. The fourth-order valence-corrected chi connectivity index (χ4v) is 9.14. The molecule has 0 saturated carbocycles. The van der Waals surface area contributed by atoms with Crippen molar-refractivity contribution < 1.29 is 59.7 Å². The molecule has 0 aromatic heterocycles. The quantitative estimate of drug-likeness (QED) is 0.0428. The van der Waals surface area contributed by atoms with E-state index < -0.39 is 89.3 Å². The van der Waals surface area contributed by atoms with E-state index in [0.717, 1.165) is 43.4 Å². The first-order valence-corrected chi connectivity index (χ1v) is 24.0. The Kier molecular flexibility index (Phi) is 23.2. The highest BCUT2D eigenvalue weighted by molar-refractivity contribution is 8.00. The molecule has 0 radical (unpaired) electrons. The van der Waals surface area contributed by atoms with Crippen LogP contribution < -0.4 is 16.0 Å². The van der Waals surface area contributed by atoms with E-state index in [-0.39, 0.29) is 42.9 Å². The van der Waals surface area contributed by atoms with Gasteiger partial charge in [-0.25, -0.2) is 0 Å². The van der Waals surface area contributed by atoms with Crippen LogP contribution in [0.2, 0.25) is 0 Å². The van der Waals surface area contributed by atoms with Gasteiger partial charge in [0.1, 0.15) is 47.9 Å². The summed E-state index contributed by atoms with van der Waals surface area (Å²) in [5, 5.41) is 81.2. The van der Waals surface area contributed by atoms with Crippen LogP contribution in [-0.2, 0) is 24.0 Å². The molecular formula is C48H74N4O12S. The Bertz CT molecular complexity index is 1820. The van der Waals surface area contributed by atoms with Gasteiger partial charge in [-0.2, -0.15) is 0 Å². The number of phenolic OH excluding ortho intramolecular Hbond substituents is 2. The maximum Gasteiger partial charge on any atom is 0.248 e. The Labute approximate surface area is 388 Å². The largest absolute Gasteiger partial charge is 0.508 e. The molecule has 2 aromatic rings. The number of likely N-dealkylation sites (tertiary alicyclic amines) is 1. The number of unbranched alkanes of at least 4 members (excludes halogenated alkanes) is 5. The molecule has 1 aliphatic heterocycles. The second kappa shape index (κ2) is 27.4. The molecule has 4 amide bonds. The van der Waals surface area contributed by atoms with Crippen molar-refractivity contribution >= 4 is 41.2 Å². The third kappa shape index (κ3) is 18.2. The number of thioether (sulfide) groups is 1. The van der Waals surface area contributed by atoms with Crippen LogP contribution in [-0.4, -0.2) is 130 Å². The number of aliphatic hydroxyl groups is 5. The number of nitrogens with zero attached hydrogens (tertiary/aromatic N) is 1. The smallest absolute Gasteiger partial charge is 0.248 e. The maximum atomic E-state index is 14.1. The molecule has 0 bridgehead atoms. The van der Waals surface area contributed by atoms with Crippen molar-refractivity contribution in [2.75, 3.05) is 6.54 Å². The predicted octanol–water partition coefficient (Wildman–Crippen LogP) is 4.00. The molecule has 12 atom stereocenters. The minimum absolute atomic E-state index is 0.0348. The first-order valence-electron chi connectivity index (χ1n) is 23.1. The molecule has 364 valence electrons. The lowest BCUT2D eigenvalue weighted by Crippen LogP contribution is -2.61. The van der Waals surface area contributed by atoms with Gasteiger partial charge in [0.15, 0.2) is 5.78 Å². The van der Waals surface area contributed by atoms with Crippen molar-refractivity contribution in [3.63, 3.8) is 0 Å². The number of amides is 4. The zero-order valence-electron chi connectivity index (χ0n) is 38.8. The minimum Gasteiger partial charge on any atom is -0.508 e. The highest BCUT2D eigenvalue weighted by atomic mass is 32.2. The second-order valence-electron chi connectivity index (χ2n) is 18.0. The second-order valence-corrected chi connectivity index (χ2v) is 19.5. The standard InChI is InChI=1S/C48H74N4O12S/c1-7-28(2)23-29(3)15-12-10-8-9-11-13-18-41(59)49-38(26-40(58)32(6)65-37-17-14-16-35(56)24-37)46(62)51-43(31(5)54)48(64)52-27-36(57)25-39(52)47(63)50-42(30(4)53)45(61)44(60)33-19-21-34(55)22-20-33/h14,16-17,19-22,24,28-29,31-32,36,38-40,42-45,54-58,60-61H,7-13,15,18,23,25-27H2,1-6H3,(H,49,59)(H,50,63)(H,51,62)/t28?,29?,31-,32+,36-,38+,39+,40-,42-,43+,44+,45+/m1/s1. The first-order chi connectivity index (χ1) is 30.7.